The number of aryl methyl sites for hydroxylation is 1. The fourth-order valence-corrected chi connectivity index (χ4v) is 2.20. The maximum Gasteiger partial charge on any atom is 0.313 e. The summed E-state index contributed by atoms with van der Waals surface area (Å²) in [5, 5.41) is 13.4. The van der Waals surface area contributed by atoms with E-state index < -0.39 is 5.97 Å². The molecule has 0 aromatic carbocycles. The highest BCUT2D eigenvalue weighted by molar-refractivity contribution is 7.99. The SMILES string of the molecule is Cn1nc(C2CCCO2)nc1SCC(=O)O. The number of ether oxygens (including phenoxy) is 1. The van der Waals surface area contributed by atoms with Crippen molar-refractivity contribution in [2.24, 2.45) is 7.05 Å². The molecule has 6 nitrogen and oxygen atoms in total. The molecule has 0 spiro atoms. The van der Waals surface area contributed by atoms with Gasteiger partial charge >= 0.3 is 5.97 Å². The molecular weight excluding hydrogens is 230 g/mol. The molecule has 1 unspecified atom stereocenters. The van der Waals surface area contributed by atoms with Crippen LogP contribution < -0.4 is 0 Å². The molecule has 1 aliphatic heterocycles. The number of thioether (sulfide) groups is 1. The average Bonchev–Trinajstić information content (AvgIpc) is 2.83. The monoisotopic (exact) mass is 243 g/mol. The molecule has 0 aliphatic carbocycles. The Labute approximate surface area is 97.0 Å². The van der Waals surface area contributed by atoms with Crippen LogP contribution in [0.3, 0.4) is 0 Å². The van der Waals surface area contributed by atoms with Crippen molar-refractivity contribution in [3.05, 3.63) is 5.82 Å². The van der Waals surface area contributed by atoms with Gasteiger partial charge in [-0.1, -0.05) is 11.8 Å². The summed E-state index contributed by atoms with van der Waals surface area (Å²) in [4.78, 5) is 14.7. The van der Waals surface area contributed by atoms with Crippen LogP contribution in [0.15, 0.2) is 5.16 Å². The molecule has 0 saturated carbocycles. The second-order valence-electron chi connectivity index (χ2n) is 3.56. The van der Waals surface area contributed by atoms with Crippen molar-refractivity contribution in [2.45, 2.75) is 24.1 Å². The lowest BCUT2D eigenvalue weighted by Crippen LogP contribution is -2.00. The smallest absolute Gasteiger partial charge is 0.313 e. The molecule has 16 heavy (non-hydrogen) atoms. The predicted molar refractivity (Wildman–Crippen MR) is 57.3 cm³/mol. The summed E-state index contributed by atoms with van der Waals surface area (Å²) in [7, 11) is 1.76. The quantitative estimate of drug-likeness (QED) is 0.790. The number of hydrogen-bond donors (Lipinski definition) is 1. The highest BCUT2D eigenvalue weighted by Gasteiger charge is 2.23. The molecule has 0 bridgehead atoms. The lowest BCUT2D eigenvalue weighted by Gasteiger charge is -2.01. The molecule has 1 N–H and O–H groups in total. The Bertz CT molecular complexity index is 387. The number of carboxylic acid groups (broad SMARTS) is 1. The van der Waals surface area contributed by atoms with E-state index in [2.05, 4.69) is 10.1 Å². The normalized spacial score (nSPS) is 20.2. The first kappa shape index (κ1) is 11.4. The zero-order valence-electron chi connectivity index (χ0n) is 8.92. The van der Waals surface area contributed by atoms with Crippen molar-refractivity contribution in [2.75, 3.05) is 12.4 Å². The predicted octanol–water partition coefficient (Wildman–Crippen LogP) is 0.843. The first-order valence-electron chi connectivity index (χ1n) is 5.04. The van der Waals surface area contributed by atoms with Crippen molar-refractivity contribution in [3.63, 3.8) is 0 Å². The van der Waals surface area contributed by atoms with E-state index in [9.17, 15) is 4.79 Å². The zero-order valence-corrected chi connectivity index (χ0v) is 9.74. The molecule has 1 fully saturated rings. The van der Waals surface area contributed by atoms with Crippen LogP contribution in [0.4, 0.5) is 0 Å². The molecule has 1 aliphatic rings. The van der Waals surface area contributed by atoms with Gasteiger partial charge in [0.25, 0.3) is 0 Å². The Kier molecular flexibility index (Phi) is 3.45. The van der Waals surface area contributed by atoms with Crippen molar-refractivity contribution in [1.82, 2.24) is 14.8 Å². The summed E-state index contributed by atoms with van der Waals surface area (Å²) in [5.74, 6) is -0.197. The maximum absolute atomic E-state index is 10.4. The standard InChI is InChI=1S/C9H13N3O3S/c1-12-9(16-5-7(13)14)10-8(11-12)6-3-2-4-15-6/h6H,2-5H2,1H3,(H,13,14). The topological polar surface area (TPSA) is 77.2 Å². The summed E-state index contributed by atoms with van der Waals surface area (Å²) >= 11 is 1.17. The van der Waals surface area contributed by atoms with Crippen LogP contribution in [0.5, 0.6) is 0 Å². The van der Waals surface area contributed by atoms with Crippen molar-refractivity contribution >= 4 is 17.7 Å². The summed E-state index contributed by atoms with van der Waals surface area (Å²) in [6.07, 6.45) is 1.94. The van der Waals surface area contributed by atoms with E-state index in [0.29, 0.717) is 11.0 Å². The third kappa shape index (κ3) is 2.53. The second kappa shape index (κ2) is 4.84. The van der Waals surface area contributed by atoms with Gasteiger partial charge in [-0.25, -0.2) is 9.67 Å². The van der Waals surface area contributed by atoms with Crippen LogP contribution in [0, 0.1) is 0 Å². The number of rotatable bonds is 4. The van der Waals surface area contributed by atoms with Gasteiger partial charge < -0.3 is 9.84 Å². The highest BCUT2D eigenvalue weighted by Crippen LogP contribution is 2.27. The van der Waals surface area contributed by atoms with Gasteiger partial charge in [-0.05, 0) is 12.8 Å². The van der Waals surface area contributed by atoms with Crippen LogP contribution in [0.2, 0.25) is 0 Å². The number of aliphatic carboxylic acids is 1. The maximum atomic E-state index is 10.4. The van der Waals surface area contributed by atoms with E-state index in [4.69, 9.17) is 9.84 Å². The number of aromatic nitrogens is 3. The molecule has 2 heterocycles. The third-order valence-corrected chi connectivity index (χ3v) is 3.29. The summed E-state index contributed by atoms with van der Waals surface area (Å²) < 4.78 is 7.07. The van der Waals surface area contributed by atoms with Gasteiger partial charge in [-0.3, -0.25) is 4.79 Å². The number of carbonyl (C=O) groups is 1. The Hall–Kier alpha value is -1.08. The van der Waals surface area contributed by atoms with Crippen LogP contribution in [-0.2, 0) is 16.6 Å². The largest absolute Gasteiger partial charge is 0.481 e. The minimum Gasteiger partial charge on any atom is -0.481 e. The molecule has 1 aromatic heterocycles. The first-order valence-corrected chi connectivity index (χ1v) is 6.02. The zero-order chi connectivity index (χ0) is 11.5. The Balaban J connectivity index is 2.05. The lowest BCUT2D eigenvalue weighted by atomic mass is 10.2. The van der Waals surface area contributed by atoms with Crippen LogP contribution in [0.1, 0.15) is 24.8 Å². The first-order chi connectivity index (χ1) is 7.66. The van der Waals surface area contributed by atoms with E-state index in [0.717, 1.165) is 19.4 Å². The van der Waals surface area contributed by atoms with E-state index in [-0.39, 0.29) is 11.9 Å². The van der Waals surface area contributed by atoms with Gasteiger partial charge in [0.2, 0.25) is 0 Å². The van der Waals surface area contributed by atoms with Gasteiger partial charge in [0.15, 0.2) is 11.0 Å². The molecule has 1 aromatic rings. The van der Waals surface area contributed by atoms with E-state index >= 15 is 0 Å². The molecule has 0 radical (unpaired) electrons. The summed E-state index contributed by atoms with van der Waals surface area (Å²) in [6, 6.07) is 0. The lowest BCUT2D eigenvalue weighted by molar-refractivity contribution is -0.133. The molecule has 7 heteroatoms. The van der Waals surface area contributed by atoms with Gasteiger partial charge in [0.1, 0.15) is 6.10 Å². The molecular formula is C9H13N3O3S. The van der Waals surface area contributed by atoms with E-state index in [1.807, 2.05) is 0 Å². The minimum atomic E-state index is -0.855. The minimum absolute atomic E-state index is 0.00248. The molecule has 88 valence electrons. The summed E-state index contributed by atoms with van der Waals surface area (Å²) in [6.45, 7) is 0.751. The van der Waals surface area contributed by atoms with Crippen LogP contribution >= 0.6 is 11.8 Å². The number of carboxylic acids is 1. The summed E-state index contributed by atoms with van der Waals surface area (Å²) in [5.41, 5.74) is 0. The molecule has 1 atom stereocenters. The highest BCUT2D eigenvalue weighted by atomic mass is 32.2. The van der Waals surface area contributed by atoms with Crippen molar-refractivity contribution in [1.29, 1.82) is 0 Å². The van der Waals surface area contributed by atoms with Crippen LogP contribution in [-0.4, -0.2) is 38.2 Å². The molecule has 2 rings (SSSR count). The third-order valence-electron chi connectivity index (χ3n) is 2.28. The van der Waals surface area contributed by atoms with Crippen LogP contribution in [0.25, 0.3) is 0 Å². The average molecular weight is 243 g/mol. The Morgan fingerprint density at radius 3 is 3.19 bits per heavy atom. The fraction of sp³-hybridized carbons (Fsp3) is 0.667. The Morgan fingerprint density at radius 1 is 1.75 bits per heavy atom. The van der Waals surface area contributed by atoms with Crippen molar-refractivity contribution < 1.29 is 14.6 Å². The second-order valence-corrected chi connectivity index (χ2v) is 4.50. The molecule has 1 saturated heterocycles. The number of hydrogen-bond acceptors (Lipinski definition) is 5. The number of nitrogens with zero attached hydrogens (tertiary/aromatic N) is 3. The van der Waals surface area contributed by atoms with Gasteiger partial charge in [-0.2, -0.15) is 5.10 Å². The van der Waals surface area contributed by atoms with Gasteiger partial charge in [-0.15, -0.1) is 0 Å². The Morgan fingerprint density at radius 2 is 2.56 bits per heavy atom. The fourth-order valence-electron chi connectivity index (χ4n) is 1.56. The van der Waals surface area contributed by atoms with E-state index in [1.165, 1.54) is 11.8 Å². The van der Waals surface area contributed by atoms with E-state index in [1.54, 1.807) is 11.7 Å². The van der Waals surface area contributed by atoms with Crippen molar-refractivity contribution in [3.8, 4) is 0 Å². The van der Waals surface area contributed by atoms with Gasteiger partial charge in [0, 0.05) is 13.7 Å². The van der Waals surface area contributed by atoms with Gasteiger partial charge in [0.05, 0.1) is 5.75 Å². The molecule has 0 amide bonds.